The summed E-state index contributed by atoms with van der Waals surface area (Å²) in [6.45, 7) is 1.82. The van der Waals surface area contributed by atoms with Crippen LogP contribution < -0.4 is 10.1 Å². The lowest BCUT2D eigenvalue weighted by atomic mass is 9.95. The van der Waals surface area contributed by atoms with Gasteiger partial charge >= 0.3 is 0 Å². The Hall–Kier alpha value is -3.81. The van der Waals surface area contributed by atoms with Gasteiger partial charge in [0.25, 0.3) is 5.91 Å². The highest BCUT2D eigenvalue weighted by Crippen LogP contribution is 2.48. The fourth-order valence-electron chi connectivity index (χ4n) is 4.07. The molecule has 5 rings (SSSR count). The number of carbonyl (C=O) groups is 1. The van der Waals surface area contributed by atoms with Crippen molar-refractivity contribution in [1.29, 1.82) is 0 Å². The van der Waals surface area contributed by atoms with Crippen LogP contribution in [-0.4, -0.2) is 27.6 Å². The molecule has 0 spiro atoms. The number of fused-ring (bicyclic) bond motifs is 1. The van der Waals surface area contributed by atoms with Gasteiger partial charge in [-0.05, 0) is 54.4 Å². The Bertz CT molecular complexity index is 1480. The van der Waals surface area contributed by atoms with Crippen LogP contribution in [0.4, 0.5) is 5.69 Å². The standard InChI is InChI=1S/C26H19ClN2O4S/c1-13-10-21(34-29-13)24(31)22-18-11-17(19(27)12-20(18)28-26(22)32)16-9-8-15(23(30)25(16)33-2)14-6-4-3-5-7-14/h3-12,30-31H,1-2H3,(H,28,32)/b24-22+. The van der Waals surface area contributed by atoms with Gasteiger partial charge in [0.05, 0.1) is 34.0 Å². The van der Waals surface area contributed by atoms with Crippen molar-refractivity contribution in [3.05, 3.63) is 81.8 Å². The molecule has 2 heterocycles. The first-order valence-electron chi connectivity index (χ1n) is 10.4. The molecule has 34 heavy (non-hydrogen) atoms. The van der Waals surface area contributed by atoms with E-state index in [0.717, 1.165) is 22.8 Å². The van der Waals surface area contributed by atoms with E-state index in [2.05, 4.69) is 9.69 Å². The van der Waals surface area contributed by atoms with Crippen molar-refractivity contribution in [2.45, 2.75) is 6.92 Å². The molecule has 0 bridgehead atoms. The Kier molecular flexibility index (Phi) is 5.51. The van der Waals surface area contributed by atoms with E-state index in [9.17, 15) is 15.0 Å². The number of aryl methyl sites for hydroxylation is 1. The summed E-state index contributed by atoms with van der Waals surface area (Å²) in [4.78, 5) is 13.2. The monoisotopic (exact) mass is 490 g/mol. The number of nitrogens with zero attached hydrogens (tertiary/aromatic N) is 1. The Morgan fingerprint density at radius 1 is 1.03 bits per heavy atom. The van der Waals surface area contributed by atoms with Crippen LogP contribution in [0.5, 0.6) is 11.5 Å². The number of phenols is 1. The minimum atomic E-state index is -0.430. The highest BCUT2D eigenvalue weighted by Gasteiger charge is 2.31. The maximum atomic E-state index is 12.7. The second-order valence-electron chi connectivity index (χ2n) is 7.80. The van der Waals surface area contributed by atoms with Crippen LogP contribution in [0.3, 0.4) is 0 Å². The van der Waals surface area contributed by atoms with Crippen molar-refractivity contribution in [3.8, 4) is 33.8 Å². The van der Waals surface area contributed by atoms with Gasteiger partial charge in [0.1, 0.15) is 5.76 Å². The third-order valence-corrected chi connectivity index (χ3v) is 6.86. The summed E-state index contributed by atoms with van der Waals surface area (Å²) in [6, 6.07) is 18.2. The van der Waals surface area contributed by atoms with E-state index in [-0.39, 0.29) is 22.8 Å². The zero-order valence-corrected chi connectivity index (χ0v) is 19.8. The summed E-state index contributed by atoms with van der Waals surface area (Å²) in [5.41, 5.74) is 4.45. The predicted molar refractivity (Wildman–Crippen MR) is 135 cm³/mol. The third kappa shape index (κ3) is 3.59. The van der Waals surface area contributed by atoms with Gasteiger partial charge in [-0.15, -0.1) is 0 Å². The molecule has 8 heteroatoms. The maximum absolute atomic E-state index is 12.7. The zero-order chi connectivity index (χ0) is 24.0. The van der Waals surface area contributed by atoms with Gasteiger partial charge < -0.3 is 20.3 Å². The smallest absolute Gasteiger partial charge is 0.260 e. The van der Waals surface area contributed by atoms with Crippen molar-refractivity contribution in [3.63, 3.8) is 0 Å². The number of aromatic nitrogens is 1. The third-order valence-electron chi connectivity index (χ3n) is 5.66. The molecule has 0 saturated heterocycles. The number of halogens is 1. The summed E-state index contributed by atoms with van der Waals surface area (Å²) < 4.78 is 9.76. The quantitative estimate of drug-likeness (QED) is 0.223. The van der Waals surface area contributed by atoms with Crippen molar-refractivity contribution >= 4 is 46.1 Å². The van der Waals surface area contributed by atoms with Gasteiger partial charge in [-0.2, -0.15) is 4.37 Å². The number of ether oxygens (including phenoxy) is 1. The first kappa shape index (κ1) is 22.0. The predicted octanol–water partition coefficient (Wildman–Crippen LogP) is 6.53. The Morgan fingerprint density at radius 2 is 1.76 bits per heavy atom. The molecule has 3 aromatic carbocycles. The largest absolute Gasteiger partial charge is 0.506 e. The first-order valence-corrected chi connectivity index (χ1v) is 11.5. The molecule has 0 fully saturated rings. The lowest BCUT2D eigenvalue weighted by Crippen LogP contribution is -2.05. The van der Waals surface area contributed by atoms with Gasteiger partial charge in [-0.3, -0.25) is 4.79 Å². The topological polar surface area (TPSA) is 91.7 Å². The maximum Gasteiger partial charge on any atom is 0.260 e. The minimum absolute atomic E-state index is 0.0179. The molecule has 1 aliphatic heterocycles. The average molecular weight is 491 g/mol. The molecule has 0 unspecified atom stereocenters. The van der Waals surface area contributed by atoms with E-state index >= 15 is 0 Å². The Balaban J connectivity index is 1.68. The summed E-state index contributed by atoms with van der Waals surface area (Å²) in [7, 11) is 1.48. The van der Waals surface area contributed by atoms with E-state index in [1.54, 1.807) is 24.3 Å². The molecular formula is C26H19ClN2O4S. The average Bonchev–Trinajstić information content (AvgIpc) is 3.40. The molecule has 4 aromatic rings. The molecule has 0 aliphatic carbocycles. The molecular weight excluding hydrogens is 472 g/mol. The minimum Gasteiger partial charge on any atom is -0.506 e. The fourth-order valence-corrected chi connectivity index (χ4v) is 5.04. The number of aromatic hydroxyl groups is 1. The summed E-state index contributed by atoms with van der Waals surface area (Å²) in [5.74, 6) is -0.339. The number of anilines is 1. The number of methoxy groups -OCH3 is 1. The SMILES string of the molecule is COc1c(-c2cc3c(cc2Cl)NC(=O)/C3=C(/O)c2cc(C)ns2)ccc(-c2ccccc2)c1O. The zero-order valence-electron chi connectivity index (χ0n) is 18.2. The molecule has 0 radical (unpaired) electrons. The Morgan fingerprint density at radius 3 is 2.44 bits per heavy atom. The summed E-state index contributed by atoms with van der Waals surface area (Å²) in [6.07, 6.45) is 0. The number of amides is 1. The van der Waals surface area contributed by atoms with E-state index in [4.69, 9.17) is 16.3 Å². The van der Waals surface area contributed by atoms with Gasteiger partial charge in [0.2, 0.25) is 0 Å². The summed E-state index contributed by atoms with van der Waals surface area (Å²) in [5, 5.41) is 25.0. The number of aliphatic hydroxyl groups excluding tert-OH is 1. The number of rotatable bonds is 4. The number of hydrogen-bond acceptors (Lipinski definition) is 6. The Labute approximate surface area is 204 Å². The van der Waals surface area contributed by atoms with E-state index in [0.29, 0.717) is 37.8 Å². The van der Waals surface area contributed by atoms with Crippen LogP contribution in [0.15, 0.2) is 60.7 Å². The van der Waals surface area contributed by atoms with E-state index < -0.39 is 5.91 Å². The molecule has 170 valence electrons. The van der Waals surface area contributed by atoms with Gasteiger partial charge in [0.15, 0.2) is 11.5 Å². The van der Waals surface area contributed by atoms with Gasteiger partial charge in [-0.25, -0.2) is 0 Å². The molecule has 1 aromatic heterocycles. The highest BCUT2D eigenvalue weighted by atomic mass is 35.5. The second kappa shape index (κ2) is 8.52. The number of hydrogen-bond donors (Lipinski definition) is 3. The van der Waals surface area contributed by atoms with Crippen LogP contribution in [0.25, 0.3) is 33.6 Å². The molecule has 3 N–H and O–H groups in total. The normalized spacial score (nSPS) is 14.0. The van der Waals surface area contributed by atoms with Crippen LogP contribution >= 0.6 is 23.1 Å². The number of aliphatic hydroxyl groups is 1. The molecule has 1 aliphatic rings. The molecule has 0 saturated carbocycles. The van der Waals surface area contributed by atoms with Crippen LogP contribution in [0.2, 0.25) is 5.02 Å². The van der Waals surface area contributed by atoms with Gasteiger partial charge in [0, 0.05) is 22.3 Å². The lowest BCUT2D eigenvalue weighted by Gasteiger charge is -2.16. The number of benzene rings is 3. The van der Waals surface area contributed by atoms with Gasteiger partial charge in [-0.1, -0.05) is 41.9 Å². The molecule has 1 amide bonds. The summed E-state index contributed by atoms with van der Waals surface area (Å²) >= 11 is 7.72. The van der Waals surface area contributed by atoms with Crippen molar-refractivity contribution in [1.82, 2.24) is 4.37 Å². The van der Waals surface area contributed by atoms with Crippen molar-refractivity contribution < 1.29 is 19.7 Å². The van der Waals surface area contributed by atoms with E-state index in [1.165, 1.54) is 7.11 Å². The lowest BCUT2D eigenvalue weighted by molar-refractivity contribution is -0.110. The second-order valence-corrected chi connectivity index (χ2v) is 9.01. The van der Waals surface area contributed by atoms with Crippen LogP contribution in [0.1, 0.15) is 16.1 Å². The first-order chi connectivity index (χ1) is 16.4. The van der Waals surface area contributed by atoms with Crippen molar-refractivity contribution in [2.75, 3.05) is 12.4 Å². The fraction of sp³-hybridized carbons (Fsp3) is 0.0769. The van der Waals surface area contributed by atoms with Crippen LogP contribution in [-0.2, 0) is 4.79 Å². The number of phenolic OH excluding ortho intramolecular Hbond substituents is 1. The number of nitrogens with one attached hydrogen (secondary N) is 1. The van der Waals surface area contributed by atoms with Crippen LogP contribution in [0, 0.1) is 6.92 Å². The van der Waals surface area contributed by atoms with E-state index in [1.807, 2.05) is 43.3 Å². The highest BCUT2D eigenvalue weighted by molar-refractivity contribution is 7.07. The number of carbonyl (C=O) groups excluding carboxylic acids is 1. The molecule has 6 nitrogen and oxygen atoms in total. The van der Waals surface area contributed by atoms with Crippen molar-refractivity contribution in [2.24, 2.45) is 0 Å². The molecule has 0 atom stereocenters.